The number of benzene rings is 1. The number of nitrogens with zero attached hydrogens (tertiary/aromatic N) is 2. The first kappa shape index (κ1) is 14.6. The van der Waals surface area contributed by atoms with Crippen molar-refractivity contribution in [2.45, 2.75) is 6.18 Å². The van der Waals surface area contributed by atoms with Crippen molar-refractivity contribution in [3.8, 4) is 0 Å². The van der Waals surface area contributed by atoms with Crippen LogP contribution in [0.25, 0.3) is 0 Å². The minimum Gasteiger partial charge on any atom is -0.368 e. The van der Waals surface area contributed by atoms with Crippen molar-refractivity contribution >= 4 is 23.4 Å². The average Bonchev–Trinajstić information content (AvgIpc) is 2.37. The molecule has 0 spiro atoms. The summed E-state index contributed by atoms with van der Waals surface area (Å²) >= 11 is 0. The Morgan fingerprint density at radius 2 is 1.90 bits per heavy atom. The second kappa shape index (κ2) is 5.27. The fourth-order valence-corrected chi connectivity index (χ4v) is 1.63. The number of para-hydroxylation sites is 1. The number of hydrogen-bond acceptors (Lipinski definition) is 5. The summed E-state index contributed by atoms with van der Waals surface area (Å²) in [5, 5.41) is 2.42. The van der Waals surface area contributed by atoms with Crippen LogP contribution in [-0.2, 0) is 6.18 Å². The first-order chi connectivity index (χ1) is 9.79. The van der Waals surface area contributed by atoms with Gasteiger partial charge in [0.1, 0.15) is 11.4 Å². The molecule has 0 saturated carbocycles. The third-order valence-electron chi connectivity index (χ3n) is 2.56. The lowest BCUT2D eigenvalue weighted by molar-refractivity contribution is -0.137. The van der Waals surface area contributed by atoms with Gasteiger partial charge < -0.3 is 16.8 Å². The van der Waals surface area contributed by atoms with Crippen LogP contribution in [0, 0.1) is 0 Å². The number of primary amides is 1. The normalized spacial score (nSPS) is 11.2. The van der Waals surface area contributed by atoms with Crippen molar-refractivity contribution < 1.29 is 18.0 Å². The minimum absolute atomic E-state index is 0.0304. The number of hydrogen-bond donors (Lipinski definition) is 3. The van der Waals surface area contributed by atoms with Gasteiger partial charge in [-0.2, -0.15) is 18.2 Å². The van der Waals surface area contributed by atoms with Gasteiger partial charge in [0.15, 0.2) is 0 Å². The molecule has 0 fully saturated rings. The van der Waals surface area contributed by atoms with Crippen LogP contribution in [0.1, 0.15) is 15.9 Å². The van der Waals surface area contributed by atoms with Crippen LogP contribution in [0.4, 0.5) is 30.6 Å². The first-order valence-electron chi connectivity index (χ1n) is 5.64. The van der Waals surface area contributed by atoms with E-state index in [9.17, 15) is 18.0 Å². The van der Waals surface area contributed by atoms with E-state index in [1.165, 1.54) is 24.3 Å². The predicted octanol–water partition coefficient (Wildman–Crippen LogP) is 1.92. The van der Waals surface area contributed by atoms with E-state index >= 15 is 0 Å². The summed E-state index contributed by atoms with van der Waals surface area (Å²) in [5.74, 6) is -1.67. The molecule has 2 rings (SSSR count). The summed E-state index contributed by atoms with van der Waals surface area (Å²) in [6.07, 6.45) is -4.10. The molecule has 1 aromatic heterocycles. The lowest BCUT2D eigenvalue weighted by atomic mass is 10.1. The zero-order valence-electron chi connectivity index (χ0n) is 10.5. The smallest absolute Gasteiger partial charge is 0.368 e. The van der Waals surface area contributed by atoms with Crippen LogP contribution < -0.4 is 16.8 Å². The van der Waals surface area contributed by atoms with Gasteiger partial charge in [-0.05, 0) is 12.1 Å². The van der Waals surface area contributed by atoms with Gasteiger partial charge in [-0.15, -0.1) is 0 Å². The maximum atomic E-state index is 12.9. The molecular formula is C12H10F3N5O. The number of rotatable bonds is 3. The van der Waals surface area contributed by atoms with Crippen LogP contribution in [0.15, 0.2) is 30.5 Å². The van der Waals surface area contributed by atoms with Gasteiger partial charge in [0.2, 0.25) is 5.95 Å². The summed E-state index contributed by atoms with van der Waals surface area (Å²) in [4.78, 5) is 18.1. The molecule has 0 aliphatic heterocycles. The highest BCUT2D eigenvalue weighted by Crippen LogP contribution is 2.35. The van der Waals surface area contributed by atoms with Gasteiger partial charge in [0.25, 0.3) is 5.91 Å². The highest BCUT2D eigenvalue weighted by Gasteiger charge is 2.35. The van der Waals surface area contributed by atoms with E-state index < -0.39 is 23.5 Å². The van der Waals surface area contributed by atoms with Crippen LogP contribution in [0.3, 0.4) is 0 Å². The van der Waals surface area contributed by atoms with E-state index in [1.807, 2.05) is 0 Å². The van der Waals surface area contributed by atoms with Crippen LogP contribution in [0.5, 0.6) is 0 Å². The number of amides is 1. The molecular weight excluding hydrogens is 287 g/mol. The van der Waals surface area contributed by atoms with Crippen molar-refractivity contribution in [1.82, 2.24) is 9.97 Å². The molecule has 1 aromatic carbocycles. The van der Waals surface area contributed by atoms with E-state index in [4.69, 9.17) is 11.5 Å². The summed E-state index contributed by atoms with van der Waals surface area (Å²) in [7, 11) is 0. The molecule has 0 bridgehead atoms. The average molecular weight is 297 g/mol. The molecule has 0 aliphatic rings. The topological polar surface area (TPSA) is 107 Å². The fraction of sp³-hybridized carbons (Fsp3) is 0.0833. The molecule has 110 valence electrons. The molecule has 5 N–H and O–H groups in total. The van der Waals surface area contributed by atoms with Crippen LogP contribution in [0.2, 0.25) is 0 Å². The molecule has 0 saturated heterocycles. The maximum Gasteiger partial charge on any atom is 0.421 e. The number of nitrogens with two attached hydrogens (primary N) is 2. The standard InChI is InChI=1S/C12H10F3N5O/c13-12(14,15)7-5-18-11(17)20-10(7)19-8-4-2-1-3-6(8)9(16)21/h1-5H,(H2,16,21)(H3,17,18,19,20). The number of anilines is 3. The molecule has 1 amide bonds. The number of alkyl halides is 3. The Balaban J connectivity index is 2.49. The molecule has 9 heteroatoms. The number of halogens is 3. The van der Waals surface area contributed by atoms with E-state index in [2.05, 4.69) is 15.3 Å². The Bertz CT molecular complexity index is 687. The van der Waals surface area contributed by atoms with Gasteiger partial charge in [-0.1, -0.05) is 12.1 Å². The van der Waals surface area contributed by atoms with Gasteiger partial charge in [-0.25, -0.2) is 4.98 Å². The van der Waals surface area contributed by atoms with Crippen molar-refractivity contribution in [2.24, 2.45) is 5.73 Å². The number of nitrogens with one attached hydrogen (secondary N) is 1. The van der Waals surface area contributed by atoms with Gasteiger partial charge >= 0.3 is 6.18 Å². The van der Waals surface area contributed by atoms with Crippen molar-refractivity contribution in [3.05, 3.63) is 41.6 Å². The van der Waals surface area contributed by atoms with Gasteiger partial charge in [0, 0.05) is 6.20 Å². The molecule has 6 nitrogen and oxygen atoms in total. The predicted molar refractivity (Wildman–Crippen MR) is 69.7 cm³/mol. The van der Waals surface area contributed by atoms with Crippen molar-refractivity contribution in [2.75, 3.05) is 11.1 Å². The Morgan fingerprint density at radius 1 is 1.24 bits per heavy atom. The maximum absolute atomic E-state index is 12.9. The summed E-state index contributed by atoms with van der Waals surface area (Å²) in [5.41, 5.74) is 9.49. The number of aromatic nitrogens is 2. The number of nitrogen functional groups attached to an aromatic ring is 1. The highest BCUT2D eigenvalue weighted by atomic mass is 19.4. The molecule has 0 atom stereocenters. The van der Waals surface area contributed by atoms with Crippen LogP contribution in [-0.4, -0.2) is 15.9 Å². The van der Waals surface area contributed by atoms with Gasteiger partial charge in [-0.3, -0.25) is 4.79 Å². The Hall–Kier alpha value is -2.84. The quantitative estimate of drug-likeness (QED) is 0.802. The Kier molecular flexibility index (Phi) is 3.66. The molecule has 0 aliphatic carbocycles. The molecule has 0 radical (unpaired) electrons. The monoisotopic (exact) mass is 297 g/mol. The highest BCUT2D eigenvalue weighted by molar-refractivity contribution is 5.99. The lowest BCUT2D eigenvalue weighted by Gasteiger charge is -2.14. The zero-order valence-corrected chi connectivity index (χ0v) is 10.5. The van der Waals surface area contributed by atoms with Crippen molar-refractivity contribution in [1.29, 1.82) is 0 Å². The molecule has 0 unspecified atom stereocenters. The third-order valence-corrected chi connectivity index (χ3v) is 2.56. The second-order valence-corrected chi connectivity index (χ2v) is 4.02. The lowest BCUT2D eigenvalue weighted by Crippen LogP contribution is -2.16. The number of carbonyl (C=O) groups is 1. The molecule has 1 heterocycles. The SMILES string of the molecule is NC(=O)c1ccccc1Nc1nc(N)ncc1C(F)(F)F. The fourth-order valence-electron chi connectivity index (χ4n) is 1.63. The minimum atomic E-state index is -4.67. The van der Waals surface area contributed by atoms with E-state index in [-0.39, 0.29) is 17.2 Å². The number of carbonyl (C=O) groups excluding carboxylic acids is 1. The largest absolute Gasteiger partial charge is 0.421 e. The summed E-state index contributed by atoms with van der Waals surface area (Å²) < 4.78 is 38.7. The summed E-state index contributed by atoms with van der Waals surface area (Å²) in [6.45, 7) is 0. The van der Waals surface area contributed by atoms with Crippen molar-refractivity contribution in [3.63, 3.8) is 0 Å². The van der Waals surface area contributed by atoms with Crippen LogP contribution >= 0.6 is 0 Å². The van der Waals surface area contributed by atoms with E-state index in [1.54, 1.807) is 0 Å². The Labute approximate surface area is 117 Å². The molecule has 2 aromatic rings. The Morgan fingerprint density at radius 3 is 2.52 bits per heavy atom. The van der Waals surface area contributed by atoms with E-state index in [0.717, 1.165) is 0 Å². The third kappa shape index (κ3) is 3.19. The summed E-state index contributed by atoms with van der Waals surface area (Å²) in [6, 6.07) is 5.85. The zero-order chi connectivity index (χ0) is 15.6. The second-order valence-electron chi connectivity index (χ2n) is 4.02. The van der Waals surface area contributed by atoms with E-state index in [0.29, 0.717) is 6.20 Å². The van der Waals surface area contributed by atoms with Gasteiger partial charge in [0.05, 0.1) is 11.3 Å². The molecule has 21 heavy (non-hydrogen) atoms. The first-order valence-corrected chi connectivity index (χ1v) is 5.64.